The highest BCUT2D eigenvalue weighted by molar-refractivity contribution is 5.47. The van der Waals surface area contributed by atoms with Gasteiger partial charge in [0.2, 0.25) is 0 Å². The van der Waals surface area contributed by atoms with Gasteiger partial charge in [0.05, 0.1) is 35.7 Å². The lowest BCUT2D eigenvalue weighted by Gasteiger charge is -1.99. The Morgan fingerprint density at radius 2 is 2.20 bits per heavy atom. The maximum Gasteiger partial charge on any atom is 0.143 e. The fourth-order valence-electron chi connectivity index (χ4n) is 1.36. The van der Waals surface area contributed by atoms with Gasteiger partial charge in [-0.3, -0.25) is 4.98 Å². The van der Waals surface area contributed by atoms with Gasteiger partial charge in [0.15, 0.2) is 0 Å². The van der Waals surface area contributed by atoms with Gasteiger partial charge in [-0.2, -0.15) is 5.10 Å². The molecule has 2 aromatic rings. The highest BCUT2D eigenvalue weighted by Gasteiger charge is 2.05. The fourth-order valence-corrected chi connectivity index (χ4v) is 1.36. The van der Waals surface area contributed by atoms with Crippen LogP contribution in [0.5, 0.6) is 0 Å². The molecule has 2 aromatic heterocycles. The number of hydrogen-bond acceptors (Lipinski definition) is 3. The van der Waals surface area contributed by atoms with E-state index in [1.165, 1.54) is 12.3 Å². The number of nitrogens with zero attached hydrogens (tertiary/aromatic N) is 3. The lowest BCUT2D eigenvalue weighted by Crippen LogP contribution is -1.96. The Hall–Kier alpha value is -1.91. The Balaban J connectivity index is 2.45. The second-order valence-electron chi connectivity index (χ2n) is 3.18. The van der Waals surface area contributed by atoms with Crippen molar-refractivity contribution in [2.24, 2.45) is 0 Å². The van der Waals surface area contributed by atoms with Crippen LogP contribution in [0.2, 0.25) is 0 Å². The lowest BCUT2D eigenvalue weighted by atomic mass is 10.4. The first-order chi connectivity index (χ1) is 7.20. The first-order valence-electron chi connectivity index (χ1n) is 4.55. The van der Waals surface area contributed by atoms with Crippen molar-refractivity contribution < 1.29 is 4.39 Å². The summed E-state index contributed by atoms with van der Waals surface area (Å²) in [6.45, 7) is 1.88. The molecule has 0 fully saturated rings. The van der Waals surface area contributed by atoms with Gasteiger partial charge < -0.3 is 5.32 Å². The summed E-state index contributed by atoms with van der Waals surface area (Å²) in [5.41, 5.74) is 2.39. The van der Waals surface area contributed by atoms with Crippen LogP contribution in [-0.2, 0) is 0 Å². The minimum Gasteiger partial charge on any atom is -0.385 e. The van der Waals surface area contributed by atoms with E-state index < -0.39 is 0 Å². The summed E-state index contributed by atoms with van der Waals surface area (Å²) in [5, 5.41) is 7.24. The second kappa shape index (κ2) is 3.68. The molecule has 0 aliphatic rings. The third-order valence-electron chi connectivity index (χ3n) is 2.12. The van der Waals surface area contributed by atoms with Crippen molar-refractivity contribution in [3.05, 3.63) is 36.2 Å². The summed E-state index contributed by atoms with van der Waals surface area (Å²) in [4.78, 5) is 3.77. The minimum absolute atomic E-state index is 0.369. The average Bonchev–Trinajstić information content (AvgIpc) is 2.60. The number of anilines is 1. The van der Waals surface area contributed by atoms with E-state index in [0.29, 0.717) is 5.69 Å². The van der Waals surface area contributed by atoms with Gasteiger partial charge >= 0.3 is 0 Å². The zero-order valence-corrected chi connectivity index (χ0v) is 8.53. The van der Waals surface area contributed by atoms with E-state index in [2.05, 4.69) is 15.4 Å². The molecule has 0 atom stereocenters. The molecule has 78 valence electrons. The Bertz CT molecular complexity index is 478. The first-order valence-corrected chi connectivity index (χ1v) is 4.55. The van der Waals surface area contributed by atoms with Crippen LogP contribution >= 0.6 is 0 Å². The van der Waals surface area contributed by atoms with E-state index in [1.54, 1.807) is 17.1 Å². The first kappa shape index (κ1) is 9.64. The molecular formula is C10H11FN4. The van der Waals surface area contributed by atoms with Crippen molar-refractivity contribution in [3.8, 4) is 5.69 Å². The SMILES string of the molecule is CNc1cn(-c2cncc(F)c2)nc1C. The van der Waals surface area contributed by atoms with Crippen molar-refractivity contribution in [1.82, 2.24) is 14.8 Å². The Morgan fingerprint density at radius 3 is 2.80 bits per heavy atom. The summed E-state index contributed by atoms with van der Waals surface area (Å²) in [6.07, 6.45) is 4.53. The number of pyridine rings is 1. The quantitative estimate of drug-likeness (QED) is 0.814. The molecule has 0 spiro atoms. The number of aromatic nitrogens is 3. The van der Waals surface area contributed by atoms with E-state index in [-0.39, 0.29) is 5.82 Å². The summed E-state index contributed by atoms with van der Waals surface area (Å²) in [7, 11) is 1.82. The monoisotopic (exact) mass is 206 g/mol. The van der Waals surface area contributed by atoms with Crippen LogP contribution in [0.25, 0.3) is 5.69 Å². The van der Waals surface area contributed by atoms with Crippen LogP contribution in [0.15, 0.2) is 24.7 Å². The summed E-state index contributed by atoms with van der Waals surface area (Å²) in [5.74, 6) is -0.369. The molecule has 0 aliphatic heterocycles. The highest BCUT2D eigenvalue weighted by Crippen LogP contribution is 2.15. The lowest BCUT2D eigenvalue weighted by molar-refractivity contribution is 0.618. The third-order valence-corrected chi connectivity index (χ3v) is 2.12. The van der Waals surface area contributed by atoms with E-state index in [9.17, 15) is 4.39 Å². The van der Waals surface area contributed by atoms with Gasteiger partial charge in [-0.1, -0.05) is 0 Å². The zero-order valence-electron chi connectivity index (χ0n) is 8.53. The molecule has 0 saturated heterocycles. The molecule has 2 heterocycles. The number of halogens is 1. The molecule has 0 bridgehead atoms. The van der Waals surface area contributed by atoms with Crippen LogP contribution in [-0.4, -0.2) is 21.8 Å². The summed E-state index contributed by atoms with van der Waals surface area (Å²) in [6, 6.07) is 1.39. The van der Waals surface area contributed by atoms with E-state index in [4.69, 9.17) is 0 Å². The number of hydrogen-bond donors (Lipinski definition) is 1. The van der Waals surface area contributed by atoms with Gasteiger partial charge in [-0.05, 0) is 6.92 Å². The van der Waals surface area contributed by atoms with Gasteiger partial charge in [-0.15, -0.1) is 0 Å². The van der Waals surface area contributed by atoms with Crippen LogP contribution in [0.3, 0.4) is 0 Å². The van der Waals surface area contributed by atoms with Crippen molar-refractivity contribution in [3.63, 3.8) is 0 Å². The highest BCUT2D eigenvalue weighted by atomic mass is 19.1. The van der Waals surface area contributed by atoms with Crippen molar-refractivity contribution in [2.75, 3.05) is 12.4 Å². The Kier molecular flexibility index (Phi) is 2.37. The van der Waals surface area contributed by atoms with Gasteiger partial charge in [0.25, 0.3) is 0 Å². The average molecular weight is 206 g/mol. The molecule has 1 N–H and O–H groups in total. The number of aryl methyl sites for hydroxylation is 1. The predicted molar refractivity (Wildman–Crippen MR) is 55.6 cm³/mol. The summed E-state index contributed by atoms with van der Waals surface area (Å²) >= 11 is 0. The number of rotatable bonds is 2. The number of nitrogens with one attached hydrogen (secondary N) is 1. The smallest absolute Gasteiger partial charge is 0.143 e. The maximum atomic E-state index is 12.9. The van der Waals surface area contributed by atoms with Gasteiger partial charge in [-0.25, -0.2) is 9.07 Å². The molecule has 0 radical (unpaired) electrons. The molecule has 0 aromatic carbocycles. The molecule has 2 rings (SSSR count). The van der Waals surface area contributed by atoms with Crippen LogP contribution in [0.4, 0.5) is 10.1 Å². The van der Waals surface area contributed by atoms with Crippen LogP contribution < -0.4 is 5.32 Å². The molecule has 0 aliphatic carbocycles. The molecular weight excluding hydrogens is 195 g/mol. The summed E-state index contributed by atoms with van der Waals surface area (Å²) < 4.78 is 14.5. The molecule has 0 saturated carbocycles. The van der Waals surface area contributed by atoms with E-state index in [1.807, 2.05) is 14.0 Å². The van der Waals surface area contributed by atoms with Gasteiger partial charge in [0, 0.05) is 13.1 Å². The zero-order chi connectivity index (χ0) is 10.8. The maximum absolute atomic E-state index is 12.9. The molecule has 5 heteroatoms. The van der Waals surface area contributed by atoms with Crippen molar-refractivity contribution in [1.29, 1.82) is 0 Å². The minimum atomic E-state index is -0.369. The van der Waals surface area contributed by atoms with E-state index in [0.717, 1.165) is 11.4 Å². The molecule has 4 nitrogen and oxygen atoms in total. The second-order valence-corrected chi connectivity index (χ2v) is 3.18. The van der Waals surface area contributed by atoms with Crippen molar-refractivity contribution in [2.45, 2.75) is 6.92 Å². The standard InChI is InChI=1S/C10H11FN4/c1-7-10(12-2)6-15(14-7)9-3-8(11)4-13-5-9/h3-6,12H,1-2H3. The third kappa shape index (κ3) is 1.81. The fraction of sp³-hybridized carbons (Fsp3) is 0.200. The van der Waals surface area contributed by atoms with E-state index >= 15 is 0 Å². The van der Waals surface area contributed by atoms with Crippen LogP contribution in [0, 0.1) is 12.7 Å². The molecule has 0 unspecified atom stereocenters. The predicted octanol–water partition coefficient (Wildman–Crippen LogP) is 1.76. The van der Waals surface area contributed by atoms with Crippen molar-refractivity contribution >= 4 is 5.69 Å². The largest absolute Gasteiger partial charge is 0.385 e. The van der Waals surface area contributed by atoms with Gasteiger partial charge in [0.1, 0.15) is 5.82 Å². The molecule has 15 heavy (non-hydrogen) atoms. The Morgan fingerprint density at radius 1 is 1.40 bits per heavy atom. The topological polar surface area (TPSA) is 42.7 Å². The normalized spacial score (nSPS) is 10.3. The van der Waals surface area contributed by atoms with Crippen LogP contribution in [0.1, 0.15) is 5.69 Å². The Labute approximate surface area is 86.8 Å². The molecule has 0 amide bonds.